The summed E-state index contributed by atoms with van der Waals surface area (Å²) in [7, 11) is -2.58. The van der Waals surface area contributed by atoms with Gasteiger partial charge in [-0.05, 0) is 19.1 Å². The molecule has 0 unspecified atom stereocenters. The highest BCUT2D eigenvalue weighted by atomic mass is 35.5. The Labute approximate surface area is 132 Å². The lowest BCUT2D eigenvalue weighted by Gasteiger charge is -2.24. The molecule has 1 aromatic rings. The highest BCUT2D eigenvalue weighted by molar-refractivity contribution is 7.90. The summed E-state index contributed by atoms with van der Waals surface area (Å²) in [5.41, 5.74) is 0.703. The van der Waals surface area contributed by atoms with E-state index in [0.29, 0.717) is 5.70 Å². The lowest BCUT2D eigenvalue weighted by atomic mass is 10.3. The van der Waals surface area contributed by atoms with Crippen molar-refractivity contribution in [1.82, 2.24) is 10.6 Å². The van der Waals surface area contributed by atoms with Gasteiger partial charge in [0.25, 0.3) is 10.0 Å². The van der Waals surface area contributed by atoms with Crippen LogP contribution in [0.4, 0.5) is 0 Å². The Bertz CT molecular complexity index is 716. The predicted molar refractivity (Wildman–Crippen MR) is 81.9 cm³/mol. The Kier molecular flexibility index (Phi) is 4.77. The molecule has 0 radical (unpaired) electrons. The highest BCUT2D eigenvalue weighted by Crippen LogP contribution is 2.30. The van der Waals surface area contributed by atoms with Crippen LogP contribution < -0.4 is 10.6 Å². The molecule has 1 aliphatic rings. The number of methoxy groups -OCH3 is 1. The molecule has 0 spiro atoms. The minimum Gasteiger partial charge on any atom is -0.358 e. The summed E-state index contributed by atoms with van der Waals surface area (Å²) < 4.78 is 33.6. The molecular formula is C12H13Cl2N3O3S. The number of nitrogens with one attached hydrogen (secondary N) is 2. The minimum atomic E-state index is -4.02. The lowest BCUT2D eigenvalue weighted by Crippen LogP contribution is -2.47. The average Bonchev–Trinajstić information content (AvgIpc) is 2.41. The molecule has 1 aromatic carbocycles. The molecule has 1 aliphatic heterocycles. The molecular weight excluding hydrogens is 337 g/mol. The van der Waals surface area contributed by atoms with Gasteiger partial charge in [0, 0.05) is 19.0 Å². The number of sulfonamides is 1. The molecule has 0 saturated heterocycles. The van der Waals surface area contributed by atoms with E-state index < -0.39 is 16.3 Å². The van der Waals surface area contributed by atoms with Crippen molar-refractivity contribution in [2.45, 2.75) is 18.0 Å². The zero-order chi connectivity index (χ0) is 15.6. The molecule has 6 nitrogen and oxygen atoms in total. The third-order valence-electron chi connectivity index (χ3n) is 2.67. The maximum absolute atomic E-state index is 12.4. The first kappa shape index (κ1) is 16.1. The van der Waals surface area contributed by atoms with Gasteiger partial charge in [0.15, 0.2) is 12.1 Å². The van der Waals surface area contributed by atoms with Crippen molar-refractivity contribution in [3.8, 4) is 0 Å². The van der Waals surface area contributed by atoms with Crippen LogP contribution in [0, 0.1) is 0 Å². The predicted octanol–water partition coefficient (Wildman–Crippen LogP) is 2.11. The summed E-state index contributed by atoms with van der Waals surface area (Å²) in [4.78, 5) is -0.159. The van der Waals surface area contributed by atoms with Gasteiger partial charge in [-0.2, -0.15) is 8.42 Å². The minimum absolute atomic E-state index is 0.0616. The lowest BCUT2D eigenvalue weighted by molar-refractivity contribution is 0.135. The molecule has 9 heteroatoms. The Balaban J connectivity index is 2.47. The van der Waals surface area contributed by atoms with Gasteiger partial charge in [0.2, 0.25) is 0 Å². The Morgan fingerprint density at radius 1 is 1.33 bits per heavy atom. The molecule has 0 saturated carbocycles. The number of ether oxygens (including phenoxy) is 1. The van der Waals surface area contributed by atoms with Crippen molar-refractivity contribution in [3.05, 3.63) is 40.1 Å². The SMILES string of the molecule is CO[C@@H]1NC=C(C)NC1=NS(=O)(=O)c1cccc(Cl)c1Cl. The van der Waals surface area contributed by atoms with Gasteiger partial charge in [-0.25, -0.2) is 0 Å². The van der Waals surface area contributed by atoms with Crippen LogP contribution in [0.25, 0.3) is 0 Å². The molecule has 1 heterocycles. The second-order valence-corrected chi connectivity index (χ2v) is 6.60. The van der Waals surface area contributed by atoms with Crippen molar-refractivity contribution in [2.75, 3.05) is 7.11 Å². The number of allylic oxidation sites excluding steroid dienone is 1. The van der Waals surface area contributed by atoms with Gasteiger partial charge in [0.05, 0.1) is 10.0 Å². The van der Waals surface area contributed by atoms with Crippen LogP contribution in [0.3, 0.4) is 0 Å². The van der Waals surface area contributed by atoms with Crippen LogP contribution in [0.1, 0.15) is 6.92 Å². The quantitative estimate of drug-likeness (QED) is 0.873. The van der Waals surface area contributed by atoms with Crippen LogP contribution in [0.5, 0.6) is 0 Å². The van der Waals surface area contributed by atoms with Crippen LogP contribution >= 0.6 is 23.2 Å². The van der Waals surface area contributed by atoms with E-state index in [-0.39, 0.29) is 20.8 Å². The third kappa shape index (κ3) is 3.49. The summed E-state index contributed by atoms with van der Waals surface area (Å²) in [6.45, 7) is 1.76. The van der Waals surface area contributed by atoms with Crippen LogP contribution in [-0.2, 0) is 14.8 Å². The molecule has 0 aromatic heterocycles. The Morgan fingerprint density at radius 3 is 2.71 bits per heavy atom. The number of hydrogen-bond acceptors (Lipinski definition) is 4. The fraction of sp³-hybridized carbons (Fsp3) is 0.250. The maximum Gasteiger partial charge on any atom is 0.285 e. The van der Waals surface area contributed by atoms with E-state index in [1.165, 1.54) is 25.3 Å². The van der Waals surface area contributed by atoms with E-state index in [4.69, 9.17) is 27.9 Å². The zero-order valence-corrected chi connectivity index (χ0v) is 13.6. The summed E-state index contributed by atoms with van der Waals surface area (Å²) in [6, 6.07) is 4.34. The Hall–Kier alpha value is -1.28. The first-order valence-electron chi connectivity index (χ1n) is 5.86. The van der Waals surface area contributed by atoms with Crippen molar-refractivity contribution < 1.29 is 13.2 Å². The van der Waals surface area contributed by atoms with Crippen LogP contribution in [0.15, 0.2) is 39.4 Å². The molecule has 0 amide bonds. The van der Waals surface area contributed by atoms with Crippen molar-refractivity contribution in [2.24, 2.45) is 4.40 Å². The van der Waals surface area contributed by atoms with Crippen molar-refractivity contribution in [3.63, 3.8) is 0 Å². The molecule has 2 rings (SSSR count). The van der Waals surface area contributed by atoms with Crippen molar-refractivity contribution in [1.29, 1.82) is 0 Å². The van der Waals surface area contributed by atoms with E-state index in [2.05, 4.69) is 15.0 Å². The smallest absolute Gasteiger partial charge is 0.285 e. The largest absolute Gasteiger partial charge is 0.358 e. The van der Waals surface area contributed by atoms with Crippen LogP contribution in [0.2, 0.25) is 10.0 Å². The van der Waals surface area contributed by atoms with E-state index in [1.807, 2.05) is 0 Å². The standard InChI is InChI=1S/C12H13Cl2N3O3S/c1-7-6-15-12(20-2)11(16-7)17-21(18,19)9-5-3-4-8(13)10(9)14/h3-6,12,15H,1-2H3,(H,16,17)/t12-/m0/s1. The molecule has 0 fully saturated rings. The fourth-order valence-electron chi connectivity index (χ4n) is 1.70. The van der Waals surface area contributed by atoms with Gasteiger partial charge in [-0.15, -0.1) is 4.40 Å². The molecule has 2 N–H and O–H groups in total. The fourth-order valence-corrected chi connectivity index (χ4v) is 3.43. The highest BCUT2D eigenvalue weighted by Gasteiger charge is 2.25. The summed E-state index contributed by atoms with van der Waals surface area (Å²) >= 11 is 11.8. The second kappa shape index (κ2) is 6.23. The first-order chi connectivity index (χ1) is 9.85. The Morgan fingerprint density at radius 2 is 2.05 bits per heavy atom. The molecule has 0 aliphatic carbocycles. The number of nitrogens with zero attached hydrogens (tertiary/aromatic N) is 1. The zero-order valence-electron chi connectivity index (χ0n) is 11.2. The molecule has 0 bridgehead atoms. The number of benzene rings is 1. The van der Waals surface area contributed by atoms with Gasteiger partial charge >= 0.3 is 0 Å². The van der Waals surface area contributed by atoms with Gasteiger partial charge in [-0.1, -0.05) is 29.3 Å². The molecule has 21 heavy (non-hydrogen) atoms. The number of rotatable bonds is 3. The third-order valence-corrected chi connectivity index (χ3v) is 4.94. The van der Waals surface area contributed by atoms with E-state index in [1.54, 1.807) is 13.1 Å². The average molecular weight is 350 g/mol. The van der Waals surface area contributed by atoms with Gasteiger partial charge < -0.3 is 15.4 Å². The normalized spacial score (nSPS) is 20.7. The summed E-state index contributed by atoms with van der Waals surface area (Å²) in [5.74, 6) is 0.119. The number of hydrogen-bond donors (Lipinski definition) is 2. The number of amidine groups is 1. The van der Waals surface area contributed by atoms with E-state index in [0.717, 1.165) is 0 Å². The number of halogens is 2. The van der Waals surface area contributed by atoms with E-state index in [9.17, 15) is 8.42 Å². The maximum atomic E-state index is 12.4. The van der Waals surface area contributed by atoms with Crippen LogP contribution in [-0.4, -0.2) is 27.6 Å². The molecule has 114 valence electrons. The van der Waals surface area contributed by atoms with E-state index >= 15 is 0 Å². The monoisotopic (exact) mass is 349 g/mol. The topological polar surface area (TPSA) is 79.8 Å². The van der Waals surface area contributed by atoms with Gasteiger partial charge in [-0.3, -0.25) is 0 Å². The summed E-state index contributed by atoms with van der Waals surface area (Å²) in [5, 5.41) is 5.80. The summed E-state index contributed by atoms with van der Waals surface area (Å²) in [6.07, 6.45) is 0.966. The second-order valence-electron chi connectivity index (χ2n) is 4.24. The molecule has 1 atom stereocenters. The first-order valence-corrected chi connectivity index (χ1v) is 8.06. The van der Waals surface area contributed by atoms with Crippen molar-refractivity contribution >= 4 is 39.1 Å². The van der Waals surface area contributed by atoms with Gasteiger partial charge in [0.1, 0.15) is 4.90 Å².